The molecule has 0 aliphatic heterocycles. The molecule has 0 saturated carbocycles. The SMILES string of the molecule is COc1ccc(CCc2cc(C(=O)O)c(C)c(C(=O)O)c2C2=c3ccc4c(c3CCC2)CC=c2cc(Cl)ccc2=4)cn1. The van der Waals surface area contributed by atoms with Crippen molar-refractivity contribution in [3.63, 3.8) is 0 Å². The molecule has 3 aromatic carbocycles. The summed E-state index contributed by atoms with van der Waals surface area (Å²) >= 11 is 6.27. The lowest BCUT2D eigenvalue weighted by atomic mass is 9.79. The Morgan fingerprint density at radius 2 is 1.71 bits per heavy atom. The number of benzene rings is 3. The van der Waals surface area contributed by atoms with Crippen LogP contribution in [0.2, 0.25) is 5.02 Å². The zero-order valence-electron chi connectivity index (χ0n) is 23.5. The topological polar surface area (TPSA) is 96.7 Å². The summed E-state index contributed by atoms with van der Waals surface area (Å²) in [5, 5.41) is 25.7. The lowest BCUT2D eigenvalue weighted by Gasteiger charge is -2.25. The van der Waals surface area contributed by atoms with Gasteiger partial charge in [-0.25, -0.2) is 14.6 Å². The first kappa shape index (κ1) is 27.7. The van der Waals surface area contributed by atoms with Crippen molar-refractivity contribution in [2.75, 3.05) is 7.11 Å². The number of methoxy groups -OCH3 is 1. The quantitative estimate of drug-likeness (QED) is 0.305. The zero-order valence-corrected chi connectivity index (χ0v) is 24.2. The van der Waals surface area contributed by atoms with Gasteiger partial charge in [-0.1, -0.05) is 41.9 Å². The van der Waals surface area contributed by atoms with Crippen molar-refractivity contribution in [3.8, 4) is 5.88 Å². The molecule has 1 aromatic heterocycles. The molecule has 1 heterocycles. The second kappa shape index (κ2) is 11.1. The lowest BCUT2D eigenvalue weighted by molar-refractivity contribution is 0.0695. The van der Waals surface area contributed by atoms with Crippen molar-refractivity contribution in [1.82, 2.24) is 4.98 Å². The van der Waals surface area contributed by atoms with Gasteiger partial charge in [-0.3, -0.25) is 0 Å². The molecule has 7 heteroatoms. The smallest absolute Gasteiger partial charge is 0.336 e. The van der Waals surface area contributed by atoms with E-state index in [0.29, 0.717) is 35.7 Å². The molecule has 2 N–H and O–H groups in total. The number of carbonyl (C=O) groups is 2. The summed E-state index contributed by atoms with van der Waals surface area (Å²) < 4.78 is 5.17. The van der Waals surface area contributed by atoms with E-state index in [-0.39, 0.29) is 16.7 Å². The standard InChI is InChI=1S/C35H30ClNO5/c1-19-30(34(38)39)17-22(8-6-20-7-15-31(42-2)37-18-20)33(32(19)35(40)41)29-5-3-4-25-27-11-9-21-16-23(36)10-12-24(21)26(27)13-14-28(25)29/h7,9-10,12-18H,3-6,8,11H2,1-2H3,(H,38,39)(H,40,41). The highest BCUT2D eigenvalue weighted by atomic mass is 35.5. The number of nitrogens with zero attached hydrogens (tertiary/aromatic N) is 1. The van der Waals surface area contributed by atoms with Crippen LogP contribution in [0.4, 0.5) is 0 Å². The van der Waals surface area contributed by atoms with E-state index in [2.05, 4.69) is 29.3 Å². The van der Waals surface area contributed by atoms with Crippen LogP contribution in [0.25, 0.3) is 11.6 Å². The van der Waals surface area contributed by atoms with Crippen LogP contribution in [0.1, 0.15) is 66.9 Å². The summed E-state index contributed by atoms with van der Waals surface area (Å²) in [5.41, 5.74) is 6.17. The van der Waals surface area contributed by atoms with Gasteiger partial charge in [0.1, 0.15) is 0 Å². The monoisotopic (exact) mass is 579 g/mol. The zero-order chi connectivity index (χ0) is 29.5. The number of ether oxygens (including phenoxy) is 1. The van der Waals surface area contributed by atoms with Gasteiger partial charge in [0.15, 0.2) is 0 Å². The Balaban J connectivity index is 1.60. The molecular weight excluding hydrogens is 550 g/mol. The van der Waals surface area contributed by atoms with Crippen LogP contribution in [0.15, 0.2) is 54.7 Å². The third-order valence-electron chi connectivity index (χ3n) is 8.54. The highest BCUT2D eigenvalue weighted by molar-refractivity contribution is 6.30. The minimum atomic E-state index is -1.13. The Labute approximate surface area is 247 Å². The van der Waals surface area contributed by atoms with E-state index in [1.807, 2.05) is 18.2 Å². The second-order valence-corrected chi connectivity index (χ2v) is 11.3. The number of aryl methyl sites for hydroxylation is 2. The fourth-order valence-corrected chi connectivity index (χ4v) is 6.75. The van der Waals surface area contributed by atoms with E-state index >= 15 is 0 Å². The summed E-state index contributed by atoms with van der Waals surface area (Å²) in [6.45, 7) is 1.60. The maximum absolute atomic E-state index is 12.8. The van der Waals surface area contributed by atoms with Gasteiger partial charge in [0.2, 0.25) is 5.88 Å². The maximum Gasteiger partial charge on any atom is 0.336 e. The Hall–Kier alpha value is -4.42. The number of hydrogen-bond donors (Lipinski definition) is 2. The molecule has 0 fully saturated rings. The predicted octanol–water partition coefficient (Wildman–Crippen LogP) is 5.39. The molecule has 0 bridgehead atoms. The van der Waals surface area contributed by atoms with E-state index in [4.69, 9.17) is 16.3 Å². The summed E-state index contributed by atoms with van der Waals surface area (Å²) in [7, 11) is 1.56. The minimum absolute atomic E-state index is 0.0194. The van der Waals surface area contributed by atoms with Gasteiger partial charge in [0, 0.05) is 17.3 Å². The van der Waals surface area contributed by atoms with Gasteiger partial charge in [-0.2, -0.15) is 0 Å². The number of carboxylic acid groups (broad SMARTS) is 2. The summed E-state index contributed by atoms with van der Waals surface area (Å²) in [6.07, 6.45) is 8.26. The van der Waals surface area contributed by atoms with Crippen LogP contribution in [-0.2, 0) is 25.7 Å². The Morgan fingerprint density at radius 1 is 0.929 bits per heavy atom. The second-order valence-electron chi connectivity index (χ2n) is 10.9. The highest BCUT2D eigenvalue weighted by Crippen LogP contribution is 2.34. The molecule has 0 saturated heterocycles. The van der Waals surface area contributed by atoms with Crippen molar-refractivity contribution >= 4 is 35.2 Å². The third-order valence-corrected chi connectivity index (χ3v) is 8.78. The third kappa shape index (κ3) is 4.86. The molecule has 0 amide bonds. The highest BCUT2D eigenvalue weighted by Gasteiger charge is 2.27. The van der Waals surface area contributed by atoms with Crippen molar-refractivity contribution in [1.29, 1.82) is 0 Å². The maximum atomic E-state index is 12.8. The average molecular weight is 580 g/mol. The summed E-state index contributed by atoms with van der Waals surface area (Å²) in [6, 6.07) is 15.6. The van der Waals surface area contributed by atoms with E-state index in [0.717, 1.165) is 51.6 Å². The molecule has 2 aliphatic carbocycles. The van der Waals surface area contributed by atoms with Crippen molar-refractivity contribution in [2.24, 2.45) is 0 Å². The molecule has 0 radical (unpaired) electrons. The van der Waals surface area contributed by atoms with Crippen LogP contribution < -0.4 is 15.2 Å². The molecule has 0 unspecified atom stereocenters. The normalized spacial score (nSPS) is 13.5. The first-order valence-corrected chi connectivity index (χ1v) is 14.4. The number of aromatic nitrogens is 1. The number of hydrogen-bond acceptors (Lipinski definition) is 4. The van der Waals surface area contributed by atoms with E-state index in [9.17, 15) is 19.8 Å². The Morgan fingerprint density at radius 3 is 2.43 bits per heavy atom. The summed E-state index contributed by atoms with van der Waals surface area (Å²) in [5.74, 6) is -1.74. The molecule has 42 heavy (non-hydrogen) atoms. The van der Waals surface area contributed by atoms with Gasteiger partial charge in [-0.15, -0.1) is 0 Å². The van der Waals surface area contributed by atoms with Gasteiger partial charge >= 0.3 is 11.9 Å². The number of rotatable bonds is 7. The average Bonchev–Trinajstić information content (AvgIpc) is 2.99. The number of fused-ring (bicyclic) bond motifs is 4. The van der Waals surface area contributed by atoms with E-state index in [1.54, 1.807) is 32.4 Å². The van der Waals surface area contributed by atoms with Crippen LogP contribution in [0, 0.1) is 17.4 Å². The Bertz CT molecular complexity index is 2000. The van der Waals surface area contributed by atoms with Gasteiger partial charge in [0.25, 0.3) is 0 Å². The number of halogens is 1. The van der Waals surface area contributed by atoms with Gasteiger partial charge in [0.05, 0.1) is 18.2 Å². The fraction of sp³-hybridized carbons (Fsp3) is 0.229. The fourth-order valence-electron chi connectivity index (χ4n) is 6.57. The van der Waals surface area contributed by atoms with Crippen molar-refractivity contribution < 1.29 is 24.5 Å². The molecule has 4 aromatic rings. The van der Waals surface area contributed by atoms with Gasteiger partial charge in [-0.05, 0) is 123 Å². The molecule has 212 valence electrons. The minimum Gasteiger partial charge on any atom is -0.481 e. The molecule has 6 nitrogen and oxygen atoms in total. The molecular formula is C35H30ClNO5. The van der Waals surface area contributed by atoms with Crippen molar-refractivity contribution in [2.45, 2.75) is 45.4 Å². The molecule has 0 atom stereocenters. The number of pyridine rings is 1. The van der Waals surface area contributed by atoms with Crippen LogP contribution in [-0.4, -0.2) is 34.2 Å². The first-order valence-electron chi connectivity index (χ1n) is 14.0. The van der Waals surface area contributed by atoms with Crippen LogP contribution in [0.5, 0.6) is 5.88 Å². The van der Waals surface area contributed by atoms with E-state index in [1.165, 1.54) is 16.3 Å². The number of aromatic carboxylic acids is 2. The predicted molar refractivity (Wildman–Crippen MR) is 162 cm³/mol. The lowest BCUT2D eigenvalue weighted by Crippen LogP contribution is -2.25. The molecule has 2 aliphatic rings. The summed E-state index contributed by atoms with van der Waals surface area (Å²) in [4.78, 5) is 29.3. The number of carboxylic acids is 2. The Kier molecular flexibility index (Phi) is 7.33. The van der Waals surface area contributed by atoms with Crippen molar-refractivity contribution in [3.05, 3.63) is 125 Å². The molecule has 6 rings (SSSR count). The van der Waals surface area contributed by atoms with Crippen LogP contribution >= 0.6 is 11.6 Å². The van der Waals surface area contributed by atoms with E-state index < -0.39 is 11.9 Å². The molecule has 0 spiro atoms. The largest absolute Gasteiger partial charge is 0.481 e. The van der Waals surface area contributed by atoms with Crippen LogP contribution in [0.3, 0.4) is 0 Å². The van der Waals surface area contributed by atoms with Gasteiger partial charge < -0.3 is 14.9 Å². The first-order chi connectivity index (χ1) is 20.3.